The van der Waals surface area contributed by atoms with Crippen molar-refractivity contribution in [3.05, 3.63) is 40.5 Å². The molecule has 0 bridgehead atoms. The number of fused-ring (bicyclic) bond motifs is 1. The zero-order chi connectivity index (χ0) is 13.4. The van der Waals surface area contributed by atoms with Crippen molar-refractivity contribution >= 4 is 29.1 Å². The lowest BCUT2D eigenvalue weighted by Gasteiger charge is -2.20. The normalized spacial score (nSPS) is 13.6. The quantitative estimate of drug-likeness (QED) is 0.874. The van der Waals surface area contributed by atoms with Gasteiger partial charge in [0.05, 0.1) is 0 Å². The molecule has 1 aromatic heterocycles. The molecular formula is C13H14ClN5. The van der Waals surface area contributed by atoms with Gasteiger partial charge in [0, 0.05) is 35.6 Å². The van der Waals surface area contributed by atoms with Crippen LogP contribution in [0.15, 0.2) is 24.4 Å². The number of benzene rings is 1. The van der Waals surface area contributed by atoms with Gasteiger partial charge in [0.15, 0.2) is 0 Å². The molecule has 0 atom stereocenters. The van der Waals surface area contributed by atoms with Crippen LogP contribution in [0.1, 0.15) is 11.1 Å². The summed E-state index contributed by atoms with van der Waals surface area (Å²) in [4.78, 5) is 10.2. The number of nitrogens with zero attached hydrogens (tertiary/aromatic N) is 3. The second-order valence-electron chi connectivity index (χ2n) is 4.58. The minimum Gasteiger partial charge on any atom is -0.383 e. The summed E-state index contributed by atoms with van der Waals surface area (Å²) in [6.45, 7) is 1.61. The lowest BCUT2D eigenvalue weighted by molar-refractivity contribution is 0.830. The van der Waals surface area contributed by atoms with E-state index in [-0.39, 0.29) is 5.95 Å². The summed E-state index contributed by atoms with van der Waals surface area (Å²) in [5.41, 5.74) is 14.7. The van der Waals surface area contributed by atoms with Crippen LogP contribution in [0, 0.1) is 0 Å². The number of anilines is 3. The molecule has 2 heterocycles. The minimum atomic E-state index is 0.200. The smallest absolute Gasteiger partial charge is 0.221 e. The van der Waals surface area contributed by atoms with Gasteiger partial charge >= 0.3 is 0 Å². The molecule has 0 unspecified atom stereocenters. The first-order valence-electron chi connectivity index (χ1n) is 6.04. The largest absolute Gasteiger partial charge is 0.383 e. The molecule has 98 valence electrons. The fourth-order valence-corrected chi connectivity index (χ4v) is 2.51. The van der Waals surface area contributed by atoms with Crippen molar-refractivity contribution in [1.29, 1.82) is 0 Å². The minimum absolute atomic E-state index is 0.200. The molecule has 1 aromatic carbocycles. The highest BCUT2D eigenvalue weighted by Gasteiger charge is 2.20. The van der Waals surface area contributed by atoms with Gasteiger partial charge in [-0.15, -0.1) is 0 Å². The van der Waals surface area contributed by atoms with Crippen molar-refractivity contribution in [2.75, 3.05) is 22.9 Å². The molecule has 4 N–H and O–H groups in total. The molecule has 0 amide bonds. The van der Waals surface area contributed by atoms with Crippen LogP contribution < -0.4 is 16.4 Å². The number of rotatable bonds is 2. The molecule has 0 fully saturated rings. The van der Waals surface area contributed by atoms with Gasteiger partial charge in [-0.05, 0) is 24.1 Å². The Balaban J connectivity index is 1.88. The SMILES string of the molecule is Nc1ncc(CN2CCc3ccc(Cl)cc32)c(N)n1. The van der Waals surface area contributed by atoms with Crippen molar-refractivity contribution in [3.8, 4) is 0 Å². The number of halogens is 1. The monoisotopic (exact) mass is 275 g/mol. The van der Waals surface area contributed by atoms with E-state index in [1.54, 1.807) is 6.20 Å². The fourth-order valence-electron chi connectivity index (χ4n) is 2.34. The van der Waals surface area contributed by atoms with Gasteiger partial charge in [-0.25, -0.2) is 4.98 Å². The molecule has 0 saturated carbocycles. The van der Waals surface area contributed by atoms with Gasteiger partial charge in [0.1, 0.15) is 5.82 Å². The van der Waals surface area contributed by atoms with E-state index in [1.807, 2.05) is 12.1 Å². The number of hydrogen-bond acceptors (Lipinski definition) is 5. The van der Waals surface area contributed by atoms with Gasteiger partial charge in [-0.3, -0.25) is 0 Å². The van der Waals surface area contributed by atoms with Crippen LogP contribution in [0.2, 0.25) is 5.02 Å². The van der Waals surface area contributed by atoms with Crippen molar-refractivity contribution in [3.63, 3.8) is 0 Å². The third-order valence-electron chi connectivity index (χ3n) is 3.32. The average Bonchev–Trinajstić information content (AvgIpc) is 2.75. The Labute approximate surface area is 116 Å². The summed E-state index contributed by atoms with van der Waals surface area (Å²) >= 11 is 6.05. The van der Waals surface area contributed by atoms with E-state index in [4.69, 9.17) is 23.1 Å². The number of nitrogens with two attached hydrogens (primary N) is 2. The predicted molar refractivity (Wildman–Crippen MR) is 77.1 cm³/mol. The van der Waals surface area contributed by atoms with Crippen molar-refractivity contribution in [1.82, 2.24) is 9.97 Å². The molecule has 19 heavy (non-hydrogen) atoms. The van der Waals surface area contributed by atoms with Crippen LogP contribution in [-0.4, -0.2) is 16.5 Å². The summed E-state index contributed by atoms with van der Waals surface area (Å²) in [5.74, 6) is 0.633. The number of nitrogen functional groups attached to an aromatic ring is 2. The highest BCUT2D eigenvalue weighted by molar-refractivity contribution is 6.30. The molecule has 1 aliphatic rings. The Morgan fingerprint density at radius 2 is 2.16 bits per heavy atom. The van der Waals surface area contributed by atoms with Crippen molar-refractivity contribution in [2.45, 2.75) is 13.0 Å². The van der Waals surface area contributed by atoms with Gasteiger partial charge < -0.3 is 16.4 Å². The summed E-state index contributed by atoms with van der Waals surface area (Å²) in [6.07, 6.45) is 2.70. The van der Waals surface area contributed by atoms with Crippen LogP contribution in [0.4, 0.5) is 17.5 Å². The lowest BCUT2D eigenvalue weighted by atomic mass is 10.2. The Kier molecular flexibility index (Phi) is 2.91. The molecule has 3 rings (SSSR count). The Hall–Kier alpha value is -2.01. The van der Waals surface area contributed by atoms with Crippen LogP contribution in [0.3, 0.4) is 0 Å². The van der Waals surface area contributed by atoms with E-state index < -0.39 is 0 Å². The Bertz CT molecular complexity index is 628. The third-order valence-corrected chi connectivity index (χ3v) is 3.55. The van der Waals surface area contributed by atoms with Gasteiger partial charge in [-0.2, -0.15) is 4.98 Å². The zero-order valence-electron chi connectivity index (χ0n) is 10.3. The molecule has 5 nitrogen and oxygen atoms in total. The van der Waals surface area contributed by atoms with Crippen LogP contribution in [0.5, 0.6) is 0 Å². The van der Waals surface area contributed by atoms with E-state index in [2.05, 4.69) is 20.9 Å². The van der Waals surface area contributed by atoms with Gasteiger partial charge in [0.25, 0.3) is 0 Å². The van der Waals surface area contributed by atoms with E-state index in [1.165, 1.54) is 5.56 Å². The lowest BCUT2D eigenvalue weighted by Crippen LogP contribution is -2.21. The van der Waals surface area contributed by atoms with Crippen molar-refractivity contribution < 1.29 is 0 Å². The van der Waals surface area contributed by atoms with Crippen LogP contribution >= 0.6 is 11.6 Å². The molecular weight excluding hydrogens is 262 g/mol. The molecule has 2 aromatic rings. The standard InChI is InChI=1S/C13H14ClN5/c14-10-2-1-8-3-4-19(11(8)5-10)7-9-6-17-13(16)18-12(9)15/h1-2,5-6H,3-4,7H2,(H4,15,16,17,18). The highest BCUT2D eigenvalue weighted by Crippen LogP contribution is 2.32. The van der Waals surface area contributed by atoms with Crippen LogP contribution in [0.25, 0.3) is 0 Å². The number of hydrogen-bond donors (Lipinski definition) is 2. The first-order chi connectivity index (χ1) is 9.13. The summed E-state index contributed by atoms with van der Waals surface area (Å²) in [5, 5.41) is 0.743. The first kappa shape index (κ1) is 12.0. The summed E-state index contributed by atoms with van der Waals surface area (Å²) in [6, 6.07) is 5.98. The van der Waals surface area contributed by atoms with E-state index in [9.17, 15) is 0 Å². The summed E-state index contributed by atoms with van der Waals surface area (Å²) in [7, 11) is 0. The molecule has 0 spiro atoms. The van der Waals surface area contributed by atoms with E-state index >= 15 is 0 Å². The van der Waals surface area contributed by atoms with Crippen LogP contribution in [-0.2, 0) is 13.0 Å². The highest BCUT2D eigenvalue weighted by atomic mass is 35.5. The zero-order valence-corrected chi connectivity index (χ0v) is 11.1. The first-order valence-corrected chi connectivity index (χ1v) is 6.41. The topological polar surface area (TPSA) is 81.1 Å². The maximum Gasteiger partial charge on any atom is 0.221 e. The number of aromatic nitrogens is 2. The van der Waals surface area contributed by atoms with E-state index in [0.29, 0.717) is 12.4 Å². The third kappa shape index (κ3) is 2.29. The Morgan fingerprint density at radius 3 is 2.95 bits per heavy atom. The molecule has 6 heteroatoms. The van der Waals surface area contributed by atoms with Crippen molar-refractivity contribution in [2.24, 2.45) is 0 Å². The summed E-state index contributed by atoms with van der Waals surface area (Å²) < 4.78 is 0. The predicted octanol–water partition coefficient (Wildman–Crippen LogP) is 1.86. The molecule has 0 radical (unpaired) electrons. The second kappa shape index (κ2) is 4.59. The average molecular weight is 276 g/mol. The molecule has 1 aliphatic heterocycles. The molecule has 0 aliphatic carbocycles. The van der Waals surface area contributed by atoms with Gasteiger partial charge in [0.2, 0.25) is 5.95 Å². The molecule has 0 saturated heterocycles. The van der Waals surface area contributed by atoms with Gasteiger partial charge in [-0.1, -0.05) is 17.7 Å². The van der Waals surface area contributed by atoms with E-state index in [0.717, 1.165) is 29.2 Å². The second-order valence-corrected chi connectivity index (χ2v) is 5.02. The fraction of sp³-hybridized carbons (Fsp3) is 0.231. The maximum absolute atomic E-state index is 6.05. The Morgan fingerprint density at radius 1 is 1.32 bits per heavy atom. The maximum atomic E-state index is 6.05.